The lowest BCUT2D eigenvalue weighted by atomic mass is 10.1. The fourth-order valence-corrected chi connectivity index (χ4v) is 6.46. The van der Waals surface area contributed by atoms with Crippen molar-refractivity contribution in [2.24, 2.45) is 0 Å². The van der Waals surface area contributed by atoms with Crippen molar-refractivity contribution < 1.29 is 28.6 Å². The largest absolute Gasteiger partial charge is 0.462 e. The zero-order chi connectivity index (χ0) is 48.6. The van der Waals surface area contributed by atoms with Crippen LogP contribution in [-0.4, -0.2) is 37.2 Å². The zero-order valence-electron chi connectivity index (χ0n) is 42.6. The highest BCUT2D eigenvalue weighted by Crippen LogP contribution is 2.11. The molecule has 1 atom stereocenters. The molecule has 67 heavy (non-hydrogen) atoms. The SMILES string of the molecule is CC/C=C\C/C=C\C/C=C\C/C=C\C/C=C\C/C=C\C/C=C\C/C=C\C/C=C\CCCC(=O)OCC(COC(=O)CCCCCCCCC)OC(=O)CCCCC/C=C\C/C=C\C/C=C\CC. The summed E-state index contributed by atoms with van der Waals surface area (Å²) in [4.78, 5) is 37.7. The summed E-state index contributed by atoms with van der Waals surface area (Å²) in [5, 5.41) is 0. The average Bonchev–Trinajstić information content (AvgIpc) is 3.33. The van der Waals surface area contributed by atoms with Crippen molar-refractivity contribution in [3.05, 3.63) is 146 Å². The van der Waals surface area contributed by atoms with Gasteiger partial charge in [0.25, 0.3) is 0 Å². The summed E-state index contributed by atoms with van der Waals surface area (Å²) in [6.45, 7) is 6.26. The number of hydrogen-bond acceptors (Lipinski definition) is 6. The van der Waals surface area contributed by atoms with Crippen molar-refractivity contribution >= 4 is 17.9 Å². The number of carbonyl (C=O) groups is 3. The molecule has 1 unspecified atom stereocenters. The molecule has 0 rings (SSSR count). The van der Waals surface area contributed by atoms with Crippen molar-refractivity contribution in [3.63, 3.8) is 0 Å². The van der Waals surface area contributed by atoms with E-state index in [2.05, 4.69) is 167 Å². The lowest BCUT2D eigenvalue weighted by Crippen LogP contribution is -2.30. The van der Waals surface area contributed by atoms with Crippen molar-refractivity contribution in [2.75, 3.05) is 13.2 Å². The highest BCUT2D eigenvalue weighted by molar-refractivity contribution is 5.71. The maximum atomic E-state index is 12.7. The molecule has 0 aromatic heterocycles. The van der Waals surface area contributed by atoms with Gasteiger partial charge in [-0.3, -0.25) is 14.4 Å². The summed E-state index contributed by atoms with van der Waals surface area (Å²) in [5.41, 5.74) is 0. The summed E-state index contributed by atoms with van der Waals surface area (Å²) in [7, 11) is 0. The quantitative estimate of drug-likeness (QED) is 0.0262. The Morgan fingerprint density at radius 2 is 0.597 bits per heavy atom. The van der Waals surface area contributed by atoms with Gasteiger partial charge in [0.2, 0.25) is 0 Å². The number of rotatable bonds is 45. The smallest absolute Gasteiger partial charge is 0.306 e. The number of carbonyl (C=O) groups excluding carboxylic acids is 3. The van der Waals surface area contributed by atoms with Gasteiger partial charge in [0.05, 0.1) is 0 Å². The van der Waals surface area contributed by atoms with Crippen LogP contribution in [0.25, 0.3) is 0 Å². The van der Waals surface area contributed by atoms with E-state index in [1.807, 2.05) is 0 Å². The van der Waals surface area contributed by atoms with Gasteiger partial charge in [0.1, 0.15) is 13.2 Å². The standard InChI is InChI=1S/C61H94O6/c1-4-7-10-13-16-18-20-22-23-24-25-26-27-28-29-30-31-32-33-34-35-36-37-39-40-42-45-48-51-54-60(63)66-57-58(56-65-59(62)53-50-47-44-15-12-9-6-3)67-61(64)55-52-49-46-43-41-38-21-19-17-14-11-8-5-2/h7-8,10-11,16-19,22-23,25-26,28-29,31-32,34-35,37-39,41-42,45,58H,4-6,9,12-15,20-21,24,27,30,33,36,40,43-44,46-57H2,1-3H3/b10-7-,11-8-,18-16-,19-17-,23-22-,26-25-,29-28-,32-31-,35-34-,39-37-,41-38-,45-42-. The van der Waals surface area contributed by atoms with Gasteiger partial charge in [-0.2, -0.15) is 0 Å². The molecule has 6 nitrogen and oxygen atoms in total. The van der Waals surface area contributed by atoms with E-state index >= 15 is 0 Å². The Labute approximate surface area is 410 Å². The van der Waals surface area contributed by atoms with E-state index in [9.17, 15) is 14.4 Å². The average molecular weight is 923 g/mol. The molecular weight excluding hydrogens is 829 g/mol. The fourth-order valence-electron chi connectivity index (χ4n) is 6.46. The molecule has 0 saturated heterocycles. The second-order valence-corrected chi connectivity index (χ2v) is 16.7. The topological polar surface area (TPSA) is 78.9 Å². The molecule has 0 aliphatic rings. The second kappa shape index (κ2) is 53.9. The highest BCUT2D eigenvalue weighted by Gasteiger charge is 2.19. The molecule has 0 saturated carbocycles. The van der Waals surface area contributed by atoms with E-state index in [4.69, 9.17) is 14.2 Å². The summed E-state index contributed by atoms with van der Waals surface area (Å²) in [6, 6.07) is 0. The molecule has 0 radical (unpaired) electrons. The molecule has 6 heteroatoms. The van der Waals surface area contributed by atoms with E-state index in [-0.39, 0.29) is 44.0 Å². The highest BCUT2D eigenvalue weighted by atomic mass is 16.6. The van der Waals surface area contributed by atoms with E-state index in [1.54, 1.807) is 0 Å². The zero-order valence-corrected chi connectivity index (χ0v) is 42.6. The number of ether oxygens (including phenoxy) is 3. The Morgan fingerprint density at radius 1 is 0.313 bits per heavy atom. The first-order valence-electron chi connectivity index (χ1n) is 26.3. The van der Waals surface area contributed by atoms with Gasteiger partial charge in [-0.05, 0) is 116 Å². The lowest BCUT2D eigenvalue weighted by molar-refractivity contribution is -0.167. The first-order valence-corrected chi connectivity index (χ1v) is 26.3. The third-order valence-corrected chi connectivity index (χ3v) is 10.3. The molecule has 0 aromatic carbocycles. The molecule has 0 spiro atoms. The Balaban J connectivity index is 4.35. The minimum absolute atomic E-state index is 0.113. The van der Waals surface area contributed by atoms with Crippen molar-refractivity contribution in [1.82, 2.24) is 0 Å². The van der Waals surface area contributed by atoms with Gasteiger partial charge in [-0.15, -0.1) is 0 Å². The molecule has 0 aliphatic heterocycles. The molecule has 0 aromatic rings. The van der Waals surface area contributed by atoms with Gasteiger partial charge in [0.15, 0.2) is 6.10 Å². The number of hydrogen-bond donors (Lipinski definition) is 0. The van der Waals surface area contributed by atoms with E-state index in [1.165, 1.54) is 25.7 Å². The van der Waals surface area contributed by atoms with E-state index in [0.717, 1.165) is 122 Å². The lowest BCUT2D eigenvalue weighted by Gasteiger charge is -2.18. The first kappa shape index (κ1) is 62.3. The molecule has 0 N–H and O–H groups in total. The monoisotopic (exact) mass is 923 g/mol. The van der Waals surface area contributed by atoms with E-state index in [0.29, 0.717) is 19.3 Å². The van der Waals surface area contributed by atoms with Crippen LogP contribution in [0.15, 0.2) is 146 Å². The van der Waals surface area contributed by atoms with Crippen LogP contribution in [0, 0.1) is 0 Å². The Kier molecular flexibility index (Phi) is 50.1. The summed E-state index contributed by atoms with van der Waals surface area (Å²) >= 11 is 0. The first-order chi connectivity index (χ1) is 33.0. The van der Waals surface area contributed by atoms with Gasteiger partial charge in [-0.1, -0.05) is 212 Å². The Morgan fingerprint density at radius 3 is 0.970 bits per heavy atom. The Hall–Kier alpha value is -4.71. The van der Waals surface area contributed by atoms with E-state index < -0.39 is 6.10 Å². The number of esters is 3. The van der Waals surface area contributed by atoms with Crippen LogP contribution >= 0.6 is 0 Å². The minimum atomic E-state index is -0.818. The molecule has 0 aliphatic carbocycles. The number of unbranched alkanes of at least 4 members (excludes halogenated alkanes) is 10. The molecular formula is C61H94O6. The molecule has 0 heterocycles. The van der Waals surface area contributed by atoms with Crippen molar-refractivity contribution in [3.8, 4) is 0 Å². The van der Waals surface area contributed by atoms with Crippen LogP contribution in [0.5, 0.6) is 0 Å². The maximum Gasteiger partial charge on any atom is 0.306 e. The third kappa shape index (κ3) is 52.1. The van der Waals surface area contributed by atoms with Gasteiger partial charge >= 0.3 is 17.9 Å². The van der Waals surface area contributed by atoms with Crippen molar-refractivity contribution in [1.29, 1.82) is 0 Å². The second-order valence-electron chi connectivity index (χ2n) is 16.7. The van der Waals surface area contributed by atoms with Gasteiger partial charge in [-0.25, -0.2) is 0 Å². The molecule has 0 fully saturated rings. The third-order valence-electron chi connectivity index (χ3n) is 10.3. The van der Waals surface area contributed by atoms with Crippen molar-refractivity contribution in [2.45, 2.75) is 207 Å². The van der Waals surface area contributed by atoms with Gasteiger partial charge in [0, 0.05) is 19.3 Å². The van der Waals surface area contributed by atoms with Crippen LogP contribution in [0.1, 0.15) is 201 Å². The normalized spacial score (nSPS) is 13.3. The minimum Gasteiger partial charge on any atom is -0.462 e. The number of allylic oxidation sites excluding steroid dienone is 24. The molecule has 374 valence electrons. The Bertz CT molecular complexity index is 1530. The maximum absolute atomic E-state index is 12.7. The summed E-state index contributed by atoms with van der Waals surface area (Å²) in [5.74, 6) is -1.03. The van der Waals surface area contributed by atoms with Crippen LogP contribution in [0.2, 0.25) is 0 Å². The fraction of sp³-hybridized carbons (Fsp3) is 0.557. The van der Waals surface area contributed by atoms with Crippen LogP contribution in [0.3, 0.4) is 0 Å². The predicted molar refractivity (Wildman–Crippen MR) is 288 cm³/mol. The van der Waals surface area contributed by atoms with Crippen LogP contribution < -0.4 is 0 Å². The predicted octanol–water partition coefficient (Wildman–Crippen LogP) is 17.6. The molecule has 0 amide bonds. The summed E-state index contributed by atoms with van der Waals surface area (Å²) in [6.07, 6.45) is 77.2. The summed E-state index contributed by atoms with van der Waals surface area (Å²) < 4.78 is 16.6. The molecule has 0 bridgehead atoms. The van der Waals surface area contributed by atoms with Gasteiger partial charge < -0.3 is 14.2 Å². The van der Waals surface area contributed by atoms with Crippen LogP contribution in [-0.2, 0) is 28.6 Å². The van der Waals surface area contributed by atoms with Crippen LogP contribution in [0.4, 0.5) is 0 Å².